The zero-order valence-electron chi connectivity index (χ0n) is 10.6. The summed E-state index contributed by atoms with van der Waals surface area (Å²) in [5.41, 5.74) is 1.26. The number of methoxy groups -OCH3 is 1. The molecule has 0 radical (unpaired) electrons. The maximum absolute atomic E-state index is 12.3. The summed E-state index contributed by atoms with van der Waals surface area (Å²) in [4.78, 5) is 13.8. The van der Waals surface area contributed by atoms with Crippen LogP contribution in [0, 0.1) is 22.7 Å². The first-order valence-electron chi connectivity index (χ1n) is 5.72. The van der Waals surface area contributed by atoms with E-state index in [1.807, 2.05) is 6.92 Å². The third kappa shape index (κ3) is 1.82. The van der Waals surface area contributed by atoms with Crippen molar-refractivity contribution in [2.24, 2.45) is 0 Å². The molecule has 1 aromatic rings. The minimum atomic E-state index is -0.316. The zero-order chi connectivity index (χ0) is 14.0. The fourth-order valence-electron chi connectivity index (χ4n) is 2.13. The fourth-order valence-corrected chi connectivity index (χ4v) is 2.13. The van der Waals surface area contributed by atoms with Gasteiger partial charge in [0.1, 0.15) is 23.5 Å². The Hall–Kier alpha value is -2.79. The van der Waals surface area contributed by atoms with Crippen molar-refractivity contribution in [2.75, 3.05) is 18.6 Å². The van der Waals surface area contributed by atoms with Crippen LogP contribution in [0.1, 0.15) is 12.5 Å². The van der Waals surface area contributed by atoms with Gasteiger partial charge in [0.25, 0.3) is 5.91 Å². The van der Waals surface area contributed by atoms with Crippen LogP contribution in [0.25, 0.3) is 5.57 Å². The van der Waals surface area contributed by atoms with Gasteiger partial charge >= 0.3 is 0 Å². The van der Waals surface area contributed by atoms with Gasteiger partial charge in [0, 0.05) is 12.1 Å². The molecule has 1 heterocycles. The lowest BCUT2D eigenvalue weighted by Crippen LogP contribution is -2.25. The van der Waals surface area contributed by atoms with Crippen LogP contribution in [-0.2, 0) is 4.79 Å². The predicted octanol–water partition coefficient (Wildman–Crippen LogP) is 1.86. The number of rotatable bonds is 2. The molecule has 0 saturated carbocycles. The van der Waals surface area contributed by atoms with Crippen LogP contribution in [0.3, 0.4) is 0 Å². The van der Waals surface area contributed by atoms with Gasteiger partial charge in [0.2, 0.25) is 0 Å². The molecule has 0 atom stereocenters. The van der Waals surface area contributed by atoms with Gasteiger partial charge < -0.3 is 9.64 Å². The van der Waals surface area contributed by atoms with Crippen molar-refractivity contribution in [1.29, 1.82) is 10.5 Å². The molecular weight excluding hydrogens is 242 g/mol. The smallest absolute Gasteiger partial charge is 0.261 e. The Bertz CT molecular complexity index is 646. The van der Waals surface area contributed by atoms with E-state index in [2.05, 4.69) is 0 Å². The third-order valence-corrected chi connectivity index (χ3v) is 3.01. The van der Waals surface area contributed by atoms with E-state index in [-0.39, 0.29) is 17.1 Å². The van der Waals surface area contributed by atoms with Crippen molar-refractivity contribution < 1.29 is 9.53 Å². The van der Waals surface area contributed by atoms with Gasteiger partial charge in [-0.3, -0.25) is 4.79 Å². The van der Waals surface area contributed by atoms with E-state index in [4.69, 9.17) is 15.3 Å². The first kappa shape index (κ1) is 12.7. The van der Waals surface area contributed by atoms with Crippen molar-refractivity contribution in [3.8, 4) is 17.9 Å². The summed E-state index contributed by atoms with van der Waals surface area (Å²) in [5.74, 6) is 0.265. The second kappa shape index (κ2) is 4.83. The first-order valence-corrected chi connectivity index (χ1v) is 5.72. The van der Waals surface area contributed by atoms with Gasteiger partial charge in [0.15, 0.2) is 0 Å². The molecule has 0 aromatic heterocycles. The molecule has 0 N–H and O–H groups in total. The number of carbonyl (C=O) groups excluding carboxylic acids is 1. The molecule has 1 aliphatic heterocycles. The lowest BCUT2D eigenvalue weighted by atomic mass is 10.0. The number of nitriles is 2. The van der Waals surface area contributed by atoms with Gasteiger partial charge in [-0.2, -0.15) is 10.5 Å². The molecule has 19 heavy (non-hydrogen) atoms. The highest BCUT2D eigenvalue weighted by Crippen LogP contribution is 2.40. The molecule has 5 nitrogen and oxygen atoms in total. The summed E-state index contributed by atoms with van der Waals surface area (Å²) < 4.78 is 5.12. The molecule has 1 aliphatic rings. The molecule has 1 amide bonds. The van der Waals surface area contributed by atoms with Crippen molar-refractivity contribution in [2.45, 2.75) is 6.92 Å². The number of hydrogen-bond donors (Lipinski definition) is 0. The number of hydrogen-bond acceptors (Lipinski definition) is 4. The highest BCUT2D eigenvalue weighted by molar-refractivity contribution is 6.34. The van der Waals surface area contributed by atoms with Gasteiger partial charge in [-0.25, -0.2) is 0 Å². The highest BCUT2D eigenvalue weighted by atomic mass is 16.5. The molecule has 0 unspecified atom stereocenters. The molecule has 5 heteroatoms. The fraction of sp³-hybridized carbons (Fsp3) is 0.214. The lowest BCUT2D eigenvalue weighted by Gasteiger charge is -2.13. The predicted molar refractivity (Wildman–Crippen MR) is 69.2 cm³/mol. The van der Waals surface area contributed by atoms with E-state index >= 15 is 0 Å². The van der Waals surface area contributed by atoms with Crippen LogP contribution in [0.2, 0.25) is 0 Å². The van der Waals surface area contributed by atoms with Crippen molar-refractivity contribution in [1.82, 2.24) is 0 Å². The SMILES string of the molecule is CCN1C(=O)C(=C(C#N)C#N)c2cc(OC)ccc21. The summed E-state index contributed by atoms with van der Waals surface area (Å²) in [5, 5.41) is 18.0. The van der Waals surface area contributed by atoms with E-state index in [1.54, 1.807) is 35.2 Å². The summed E-state index contributed by atoms with van der Waals surface area (Å²) in [6.07, 6.45) is 0. The van der Waals surface area contributed by atoms with Crippen molar-refractivity contribution >= 4 is 17.2 Å². The van der Waals surface area contributed by atoms with Crippen LogP contribution >= 0.6 is 0 Å². The quantitative estimate of drug-likeness (QED) is 0.595. The maximum Gasteiger partial charge on any atom is 0.261 e. The van der Waals surface area contributed by atoms with Gasteiger partial charge in [0.05, 0.1) is 18.4 Å². The number of likely N-dealkylation sites (N-methyl/N-ethyl adjacent to an activating group) is 1. The Balaban J connectivity index is 2.76. The van der Waals surface area contributed by atoms with Crippen LogP contribution in [-0.4, -0.2) is 19.6 Å². The third-order valence-electron chi connectivity index (χ3n) is 3.01. The molecule has 1 aromatic carbocycles. The topological polar surface area (TPSA) is 77.1 Å². The molecule has 0 fully saturated rings. The summed E-state index contributed by atoms with van der Waals surface area (Å²) >= 11 is 0. The minimum absolute atomic E-state index is 0.153. The summed E-state index contributed by atoms with van der Waals surface area (Å²) in [6.45, 7) is 2.32. The van der Waals surface area contributed by atoms with E-state index in [1.165, 1.54) is 7.11 Å². The molecule has 2 rings (SSSR count). The Morgan fingerprint density at radius 3 is 2.58 bits per heavy atom. The van der Waals surface area contributed by atoms with E-state index in [0.717, 1.165) is 0 Å². The summed E-state index contributed by atoms with van der Waals surface area (Å²) in [7, 11) is 1.52. The lowest BCUT2D eigenvalue weighted by molar-refractivity contribution is -0.113. The monoisotopic (exact) mass is 253 g/mol. The molecule has 94 valence electrons. The van der Waals surface area contributed by atoms with Crippen LogP contribution < -0.4 is 9.64 Å². The van der Waals surface area contributed by atoms with Gasteiger partial charge in [-0.05, 0) is 25.1 Å². The van der Waals surface area contributed by atoms with Crippen molar-refractivity contribution in [3.05, 3.63) is 29.3 Å². The second-order valence-electron chi connectivity index (χ2n) is 3.91. The Morgan fingerprint density at radius 2 is 2.05 bits per heavy atom. The number of ether oxygens (including phenoxy) is 1. The number of nitrogens with zero attached hydrogens (tertiary/aromatic N) is 3. The number of amides is 1. The Kier molecular flexibility index (Phi) is 3.22. The molecular formula is C14H11N3O2. The van der Waals surface area contributed by atoms with E-state index < -0.39 is 0 Å². The Labute approximate surface area is 110 Å². The zero-order valence-corrected chi connectivity index (χ0v) is 10.6. The average molecular weight is 253 g/mol. The van der Waals surface area contributed by atoms with Crippen molar-refractivity contribution in [3.63, 3.8) is 0 Å². The maximum atomic E-state index is 12.3. The molecule has 0 bridgehead atoms. The number of benzene rings is 1. The van der Waals surface area contributed by atoms with Crippen LogP contribution in [0.4, 0.5) is 5.69 Å². The second-order valence-corrected chi connectivity index (χ2v) is 3.91. The normalized spacial score (nSPS) is 12.7. The standard InChI is InChI=1S/C14H11N3O2/c1-3-17-12-5-4-10(19-2)6-11(12)13(14(17)18)9(7-15)8-16/h4-6H,3H2,1-2H3. The van der Waals surface area contributed by atoms with Crippen LogP contribution in [0.15, 0.2) is 23.8 Å². The number of fused-ring (bicyclic) bond motifs is 1. The average Bonchev–Trinajstić information content (AvgIpc) is 2.72. The minimum Gasteiger partial charge on any atom is -0.497 e. The number of anilines is 1. The molecule has 0 spiro atoms. The highest BCUT2D eigenvalue weighted by Gasteiger charge is 2.34. The van der Waals surface area contributed by atoms with E-state index in [0.29, 0.717) is 23.5 Å². The summed E-state index contributed by atoms with van der Waals surface area (Å²) in [6, 6.07) is 8.73. The number of carbonyl (C=O) groups is 1. The van der Waals surface area contributed by atoms with Gasteiger partial charge in [-0.1, -0.05) is 0 Å². The Morgan fingerprint density at radius 1 is 1.37 bits per heavy atom. The first-order chi connectivity index (χ1) is 9.17. The van der Waals surface area contributed by atoms with Crippen LogP contribution in [0.5, 0.6) is 5.75 Å². The molecule has 0 aliphatic carbocycles. The largest absolute Gasteiger partial charge is 0.497 e. The molecule has 0 saturated heterocycles. The number of allylic oxidation sites excluding steroid dienone is 1. The van der Waals surface area contributed by atoms with Gasteiger partial charge in [-0.15, -0.1) is 0 Å². The van der Waals surface area contributed by atoms with E-state index in [9.17, 15) is 4.79 Å².